The first kappa shape index (κ1) is 20.9. The summed E-state index contributed by atoms with van der Waals surface area (Å²) < 4.78 is 24.4. The van der Waals surface area contributed by atoms with Crippen LogP contribution in [0.1, 0.15) is 16.0 Å². The highest BCUT2D eigenvalue weighted by molar-refractivity contribution is 7.09. The molecule has 2 aromatic carbocycles. The number of rotatable bonds is 10. The number of hydrogen-bond donors (Lipinski definition) is 1. The lowest BCUT2D eigenvalue weighted by Gasteiger charge is -2.26. The largest absolute Gasteiger partial charge is 0.493 e. The van der Waals surface area contributed by atoms with E-state index in [0.717, 1.165) is 23.4 Å². The minimum atomic E-state index is -0.265. The van der Waals surface area contributed by atoms with E-state index in [-0.39, 0.29) is 5.82 Å². The molecule has 1 heterocycles. The molecule has 3 aromatic rings. The van der Waals surface area contributed by atoms with E-state index in [1.54, 1.807) is 30.6 Å². The van der Waals surface area contributed by atoms with Crippen molar-refractivity contribution in [3.05, 3.63) is 88.4 Å². The number of halogens is 1. The topological polar surface area (TPSA) is 47.7 Å². The molecule has 0 radical (unpaired) electrons. The smallest absolute Gasteiger partial charge is 0.161 e. The fraction of sp³-hybridized carbons (Fsp3) is 0.217. The van der Waals surface area contributed by atoms with Crippen molar-refractivity contribution >= 4 is 17.0 Å². The number of thiophene rings is 1. The van der Waals surface area contributed by atoms with Gasteiger partial charge in [0.25, 0.3) is 0 Å². The molecule has 1 aromatic heterocycles. The number of nitrogens with zero attached hydrogens (tertiary/aromatic N) is 1. The number of nitrogens with two attached hydrogens (primary N) is 1. The molecule has 29 heavy (non-hydrogen) atoms. The highest BCUT2D eigenvalue weighted by atomic mass is 32.1. The molecule has 0 saturated carbocycles. The molecule has 0 unspecified atom stereocenters. The van der Waals surface area contributed by atoms with Crippen LogP contribution in [0.3, 0.4) is 0 Å². The molecule has 2 N–H and O–H groups in total. The molecule has 0 aliphatic carbocycles. The lowest BCUT2D eigenvalue weighted by atomic mass is 10.1. The van der Waals surface area contributed by atoms with Gasteiger partial charge in [-0.05, 0) is 47.3 Å². The summed E-state index contributed by atoms with van der Waals surface area (Å²) in [6, 6.07) is 16.1. The first-order valence-electron chi connectivity index (χ1n) is 9.32. The monoisotopic (exact) mass is 412 g/mol. The van der Waals surface area contributed by atoms with Crippen LogP contribution in [0, 0.1) is 5.82 Å². The normalized spacial score (nSPS) is 10.6. The molecular weight excluding hydrogens is 387 g/mol. The van der Waals surface area contributed by atoms with Gasteiger partial charge in [-0.2, -0.15) is 0 Å². The van der Waals surface area contributed by atoms with Gasteiger partial charge in [-0.1, -0.05) is 24.8 Å². The van der Waals surface area contributed by atoms with Crippen molar-refractivity contribution in [3.63, 3.8) is 0 Å². The summed E-state index contributed by atoms with van der Waals surface area (Å²) in [5.41, 5.74) is 8.52. The standard InChI is InChI=1S/C23H25FN2O2S/c1-17(26(12-11-25)15-21-4-3-13-29-21)19-7-10-22(23(14-19)27-2)28-16-18-5-8-20(24)9-6-18/h3-10,13-14H,1,11-12,15-16,25H2,2H3. The molecule has 0 spiro atoms. The Morgan fingerprint density at radius 2 is 1.93 bits per heavy atom. The van der Waals surface area contributed by atoms with E-state index >= 15 is 0 Å². The zero-order valence-corrected chi connectivity index (χ0v) is 17.3. The van der Waals surface area contributed by atoms with Gasteiger partial charge in [-0.15, -0.1) is 11.3 Å². The van der Waals surface area contributed by atoms with Crippen molar-refractivity contribution in [1.82, 2.24) is 4.90 Å². The van der Waals surface area contributed by atoms with Crippen LogP contribution in [0.4, 0.5) is 4.39 Å². The maximum Gasteiger partial charge on any atom is 0.161 e. The molecule has 0 aliphatic rings. The van der Waals surface area contributed by atoms with Gasteiger partial charge in [-0.3, -0.25) is 0 Å². The van der Waals surface area contributed by atoms with E-state index in [2.05, 4.69) is 22.9 Å². The Balaban J connectivity index is 1.73. The van der Waals surface area contributed by atoms with E-state index in [0.29, 0.717) is 31.2 Å². The van der Waals surface area contributed by atoms with Gasteiger partial charge in [0, 0.05) is 29.2 Å². The summed E-state index contributed by atoms with van der Waals surface area (Å²) in [6.07, 6.45) is 0. The van der Waals surface area contributed by atoms with Crippen molar-refractivity contribution in [2.45, 2.75) is 13.2 Å². The first-order chi connectivity index (χ1) is 14.1. The average molecular weight is 413 g/mol. The zero-order chi connectivity index (χ0) is 20.6. The van der Waals surface area contributed by atoms with Crippen LogP contribution in [0.25, 0.3) is 5.70 Å². The SMILES string of the molecule is C=C(c1ccc(OCc2ccc(F)cc2)c(OC)c1)N(CCN)Cc1cccs1. The molecule has 4 nitrogen and oxygen atoms in total. The maximum atomic E-state index is 13.0. The molecule has 0 saturated heterocycles. The molecule has 0 bridgehead atoms. The average Bonchev–Trinajstić information content (AvgIpc) is 3.25. The van der Waals surface area contributed by atoms with Crippen LogP contribution in [0.2, 0.25) is 0 Å². The molecule has 0 fully saturated rings. The van der Waals surface area contributed by atoms with Gasteiger partial charge in [0.1, 0.15) is 12.4 Å². The van der Waals surface area contributed by atoms with Crippen molar-refractivity contribution in [2.24, 2.45) is 5.73 Å². The Bertz CT molecular complexity index is 927. The summed E-state index contributed by atoms with van der Waals surface area (Å²) in [6.45, 7) is 6.62. The fourth-order valence-electron chi connectivity index (χ4n) is 2.95. The van der Waals surface area contributed by atoms with Gasteiger partial charge in [0.2, 0.25) is 0 Å². The van der Waals surface area contributed by atoms with Crippen molar-refractivity contribution in [1.29, 1.82) is 0 Å². The Kier molecular flexibility index (Phi) is 7.27. The molecule has 0 aliphatic heterocycles. The predicted octanol–water partition coefficient (Wildman–Crippen LogP) is 4.91. The van der Waals surface area contributed by atoms with Gasteiger partial charge < -0.3 is 20.1 Å². The lowest BCUT2D eigenvalue weighted by molar-refractivity contribution is 0.284. The molecular formula is C23H25FN2O2S. The quantitative estimate of drug-likeness (QED) is 0.514. The lowest BCUT2D eigenvalue weighted by Crippen LogP contribution is -2.27. The minimum absolute atomic E-state index is 0.265. The van der Waals surface area contributed by atoms with E-state index in [4.69, 9.17) is 15.2 Å². The van der Waals surface area contributed by atoms with Gasteiger partial charge in [0.05, 0.1) is 13.7 Å². The predicted molar refractivity (Wildman–Crippen MR) is 117 cm³/mol. The van der Waals surface area contributed by atoms with Crippen LogP contribution in [-0.4, -0.2) is 25.1 Å². The van der Waals surface area contributed by atoms with Gasteiger partial charge in [-0.25, -0.2) is 4.39 Å². The van der Waals surface area contributed by atoms with E-state index in [9.17, 15) is 4.39 Å². The Morgan fingerprint density at radius 1 is 1.14 bits per heavy atom. The molecule has 3 rings (SSSR count). The molecule has 0 amide bonds. The minimum Gasteiger partial charge on any atom is -0.493 e. The van der Waals surface area contributed by atoms with Crippen molar-refractivity contribution in [2.75, 3.05) is 20.2 Å². The van der Waals surface area contributed by atoms with Crippen molar-refractivity contribution < 1.29 is 13.9 Å². The number of ether oxygens (including phenoxy) is 2. The Labute approximate surface area is 175 Å². The molecule has 0 atom stereocenters. The van der Waals surface area contributed by atoms with Crippen LogP contribution in [0.15, 0.2) is 66.6 Å². The Hall–Kier alpha value is -2.83. The number of hydrogen-bond acceptors (Lipinski definition) is 5. The van der Waals surface area contributed by atoms with E-state index in [1.165, 1.54) is 17.0 Å². The second-order valence-corrected chi connectivity index (χ2v) is 7.55. The highest BCUT2D eigenvalue weighted by Crippen LogP contribution is 2.32. The van der Waals surface area contributed by atoms with Crippen LogP contribution in [0.5, 0.6) is 11.5 Å². The summed E-state index contributed by atoms with van der Waals surface area (Å²) in [7, 11) is 1.61. The third-order valence-corrected chi connectivity index (χ3v) is 5.37. The summed E-state index contributed by atoms with van der Waals surface area (Å²) in [4.78, 5) is 3.42. The van der Waals surface area contributed by atoms with Gasteiger partial charge in [0.15, 0.2) is 11.5 Å². The summed E-state index contributed by atoms with van der Waals surface area (Å²) in [5.74, 6) is 0.977. The summed E-state index contributed by atoms with van der Waals surface area (Å²) in [5, 5.41) is 2.06. The zero-order valence-electron chi connectivity index (χ0n) is 16.4. The van der Waals surface area contributed by atoms with Crippen LogP contribution in [-0.2, 0) is 13.2 Å². The van der Waals surface area contributed by atoms with E-state index in [1.807, 2.05) is 24.3 Å². The summed E-state index contributed by atoms with van der Waals surface area (Å²) >= 11 is 1.71. The third-order valence-electron chi connectivity index (χ3n) is 4.51. The third kappa shape index (κ3) is 5.59. The molecule has 152 valence electrons. The molecule has 6 heteroatoms. The van der Waals surface area contributed by atoms with Gasteiger partial charge >= 0.3 is 0 Å². The second-order valence-electron chi connectivity index (χ2n) is 6.52. The van der Waals surface area contributed by atoms with E-state index < -0.39 is 0 Å². The second kappa shape index (κ2) is 10.1. The van der Waals surface area contributed by atoms with Crippen LogP contribution >= 0.6 is 11.3 Å². The van der Waals surface area contributed by atoms with Crippen molar-refractivity contribution in [3.8, 4) is 11.5 Å². The first-order valence-corrected chi connectivity index (χ1v) is 10.2. The van der Waals surface area contributed by atoms with Crippen LogP contribution < -0.4 is 15.2 Å². The number of methoxy groups -OCH3 is 1. The fourth-order valence-corrected chi connectivity index (χ4v) is 3.67. The highest BCUT2D eigenvalue weighted by Gasteiger charge is 2.14. The number of benzene rings is 2. The maximum absolute atomic E-state index is 13.0. The Morgan fingerprint density at radius 3 is 2.59 bits per heavy atom.